The molecule has 3 amide bonds. The molecule has 0 bridgehead atoms. The van der Waals surface area contributed by atoms with Crippen LogP contribution >= 0.6 is 0 Å². The first-order chi connectivity index (χ1) is 12.2. The molecule has 1 aromatic carbocycles. The quantitative estimate of drug-likeness (QED) is 0.625. The van der Waals surface area contributed by atoms with Crippen LogP contribution in [0.3, 0.4) is 0 Å². The highest BCUT2D eigenvalue weighted by Gasteiger charge is 2.46. The fourth-order valence-electron chi connectivity index (χ4n) is 4.21. The Bertz CT molecular complexity index is 729. The molecule has 25 heavy (non-hydrogen) atoms. The van der Waals surface area contributed by atoms with E-state index in [-0.39, 0.29) is 29.6 Å². The molecule has 1 saturated heterocycles. The number of hydrogen-bond donors (Lipinski definition) is 0. The van der Waals surface area contributed by atoms with E-state index < -0.39 is 0 Å². The second kappa shape index (κ2) is 6.47. The van der Waals surface area contributed by atoms with Crippen molar-refractivity contribution < 1.29 is 14.4 Å². The third-order valence-electron chi connectivity index (χ3n) is 5.56. The molecule has 2 atom stereocenters. The second-order valence-electron chi connectivity index (χ2n) is 7.01. The molecular formula is C20H22N2O3. The molecule has 0 radical (unpaired) electrons. The van der Waals surface area contributed by atoms with Gasteiger partial charge in [0.25, 0.3) is 0 Å². The molecule has 5 nitrogen and oxygen atoms in total. The average Bonchev–Trinajstić information content (AvgIpc) is 3.17. The summed E-state index contributed by atoms with van der Waals surface area (Å²) < 4.78 is 0. The summed E-state index contributed by atoms with van der Waals surface area (Å²) in [4.78, 5) is 40.6. The molecule has 0 saturated carbocycles. The molecule has 3 aliphatic rings. The van der Waals surface area contributed by atoms with Crippen molar-refractivity contribution in [2.75, 3.05) is 18.0 Å². The van der Waals surface area contributed by atoms with Crippen LogP contribution in [0.5, 0.6) is 0 Å². The predicted octanol–water partition coefficient (Wildman–Crippen LogP) is 2.31. The van der Waals surface area contributed by atoms with Crippen LogP contribution in [-0.4, -0.2) is 35.7 Å². The maximum absolute atomic E-state index is 12.5. The molecule has 0 N–H and O–H groups in total. The van der Waals surface area contributed by atoms with E-state index in [1.807, 2.05) is 35.3 Å². The zero-order valence-corrected chi connectivity index (χ0v) is 14.2. The molecule has 2 heterocycles. The number of hydrogen-bond acceptors (Lipinski definition) is 3. The number of anilines is 1. The number of allylic oxidation sites excluding steroid dienone is 2. The Hall–Kier alpha value is -2.43. The Kier molecular flexibility index (Phi) is 4.15. The van der Waals surface area contributed by atoms with Crippen molar-refractivity contribution in [3.8, 4) is 0 Å². The summed E-state index contributed by atoms with van der Waals surface area (Å²) in [5.41, 5.74) is 2.20. The minimum Gasteiger partial charge on any atom is -0.312 e. The van der Waals surface area contributed by atoms with Crippen molar-refractivity contribution in [3.05, 3.63) is 42.0 Å². The predicted molar refractivity (Wildman–Crippen MR) is 93.8 cm³/mol. The summed E-state index contributed by atoms with van der Waals surface area (Å²) in [5.74, 6) is -0.405. The van der Waals surface area contributed by atoms with Crippen molar-refractivity contribution in [1.29, 1.82) is 0 Å². The zero-order chi connectivity index (χ0) is 17.4. The van der Waals surface area contributed by atoms with E-state index in [4.69, 9.17) is 0 Å². The van der Waals surface area contributed by atoms with Crippen molar-refractivity contribution in [2.45, 2.75) is 32.1 Å². The van der Waals surface area contributed by atoms with Gasteiger partial charge in [-0.1, -0.05) is 30.4 Å². The number of nitrogens with zero attached hydrogens (tertiary/aromatic N) is 2. The van der Waals surface area contributed by atoms with Crippen LogP contribution < -0.4 is 4.90 Å². The molecule has 5 heteroatoms. The van der Waals surface area contributed by atoms with Crippen molar-refractivity contribution in [1.82, 2.24) is 4.90 Å². The fourth-order valence-corrected chi connectivity index (χ4v) is 4.21. The summed E-state index contributed by atoms with van der Waals surface area (Å²) in [6, 6.07) is 7.97. The standard InChI is InChI=1S/C20H22N2O3/c23-18(21-13-11-14-6-1-4-9-17(14)21)10-5-12-22-19(24)15-7-2-3-8-16(15)20(22)25/h1-4,6,9,15-16H,5,7-8,10-13H2/t15-,16-/m0/s1. The normalized spacial score (nSPS) is 24.6. The summed E-state index contributed by atoms with van der Waals surface area (Å²) in [6.45, 7) is 1.07. The van der Waals surface area contributed by atoms with Crippen LogP contribution in [0.15, 0.2) is 36.4 Å². The lowest BCUT2D eigenvalue weighted by Gasteiger charge is -2.19. The van der Waals surface area contributed by atoms with Crippen molar-refractivity contribution in [2.24, 2.45) is 11.8 Å². The monoisotopic (exact) mass is 338 g/mol. The number of rotatable bonds is 4. The lowest BCUT2D eigenvalue weighted by atomic mass is 9.85. The topological polar surface area (TPSA) is 57.7 Å². The van der Waals surface area contributed by atoms with E-state index in [1.54, 1.807) is 0 Å². The summed E-state index contributed by atoms with van der Waals surface area (Å²) >= 11 is 0. The maximum Gasteiger partial charge on any atom is 0.233 e. The van der Waals surface area contributed by atoms with Crippen LogP contribution in [-0.2, 0) is 20.8 Å². The van der Waals surface area contributed by atoms with Gasteiger partial charge in [-0.2, -0.15) is 0 Å². The van der Waals surface area contributed by atoms with E-state index in [9.17, 15) is 14.4 Å². The molecule has 2 aliphatic heterocycles. The van der Waals surface area contributed by atoms with Gasteiger partial charge in [-0.25, -0.2) is 0 Å². The lowest BCUT2D eigenvalue weighted by molar-refractivity contribution is -0.140. The zero-order valence-electron chi connectivity index (χ0n) is 14.2. The van der Waals surface area contributed by atoms with Gasteiger partial charge in [0.2, 0.25) is 17.7 Å². The van der Waals surface area contributed by atoms with Crippen molar-refractivity contribution >= 4 is 23.4 Å². The SMILES string of the molecule is O=C1[C@H]2CC=CC[C@@H]2C(=O)N1CCCC(=O)N1CCc2ccccc21. The van der Waals surface area contributed by atoms with E-state index >= 15 is 0 Å². The minimum absolute atomic E-state index is 0.0571. The molecule has 130 valence electrons. The van der Waals surface area contributed by atoms with E-state index in [2.05, 4.69) is 6.07 Å². The van der Waals surface area contributed by atoms with Gasteiger partial charge >= 0.3 is 0 Å². The van der Waals surface area contributed by atoms with Gasteiger partial charge in [0.05, 0.1) is 11.8 Å². The Balaban J connectivity index is 1.33. The molecule has 0 unspecified atom stereocenters. The van der Waals surface area contributed by atoms with Crippen LogP contribution in [0.4, 0.5) is 5.69 Å². The van der Waals surface area contributed by atoms with Crippen LogP contribution in [0.25, 0.3) is 0 Å². The highest BCUT2D eigenvalue weighted by molar-refractivity contribution is 6.05. The second-order valence-corrected chi connectivity index (χ2v) is 7.01. The van der Waals surface area contributed by atoms with Gasteiger partial charge in [0.1, 0.15) is 0 Å². The summed E-state index contributed by atoms with van der Waals surface area (Å²) in [7, 11) is 0. The Morgan fingerprint density at radius 1 is 1.04 bits per heavy atom. The van der Waals surface area contributed by atoms with Crippen LogP contribution in [0, 0.1) is 11.8 Å². The number of fused-ring (bicyclic) bond motifs is 2. The third-order valence-corrected chi connectivity index (χ3v) is 5.56. The van der Waals surface area contributed by atoms with Crippen LogP contribution in [0.1, 0.15) is 31.2 Å². The molecular weight excluding hydrogens is 316 g/mol. The Morgan fingerprint density at radius 3 is 2.44 bits per heavy atom. The molecule has 1 aliphatic carbocycles. The summed E-state index contributed by atoms with van der Waals surface area (Å²) in [5, 5.41) is 0. The van der Waals surface area contributed by atoms with E-state index in [0.717, 1.165) is 18.7 Å². The number of amides is 3. The maximum atomic E-state index is 12.5. The molecule has 1 aromatic rings. The molecule has 0 aromatic heterocycles. The third kappa shape index (κ3) is 2.77. The van der Waals surface area contributed by atoms with Crippen molar-refractivity contribution in [3.63, 3.8) is 0 Å². The molecule has 4 rings (SSSR count). The van der Waals surface area contributed by atoms with Gasteiger partial charge in [-0.3, -0.25) is 19.3 Å². The number of para-hydroxylation sites is 1. The lowest BCUT2D eigenvalue weighted by Crippen LogP contribution is -2.34. The highest BCUT2D eigenvalue weighted by atomic mass is 16.2. The Morgan fingerprint density at radius 2 is 1.72 bits per heavy atom. The number of likely N-dealkylation sites (tertiary alicyclic amines) is 1. The first-order valence-electron chi connectivity index (χ1n) is 9.05. The van der Waals surface area contributed by atoms with Gasteiger partial charge in [-0.15, -0.1) is 0 Å². The molecule has 0 spiro atoms. The van der Waals surface area contributed by atoms with Crippen LogP contribution in [0.2, 0.25) is 0 Å². The highest BCUT2D eigenvalue weighted by Crippen LogP contribution is 2.35. The number of carbonyl (C=O) groups is 3. The molecule has 1 fully saturated rings. The van der Waals surface area contributed by atoms with E-state index in [0.29, 0.717) is 32.2 Å². The first-order valence-corrected chi connectivity index (χ1v) is 9.05. The number of imide groups is 1. The Labute approximate surface area is 147 Å². The van der Waals surface area contributed by atoms with Gasteiger partial charge in [0.15, 0.2) is 0 Å². The van der Waals surface area contributed by atoms with Gasteiger partial charge in [0, 0.05) is 25.2 Å². The number of carbonyl (C=O) groups excluding carboxylic acids is 3. The smallest absolute Gasteiger partial charge is 0.233 e. The van der Waals surface area contributed by atoms with Gasteiger partial charge < -0.3 is 4.90 Å². The largest absolute Gasteiger partial charge is 0.312 e. The summed E-state index contributed by atoms with van der Waals surface area (Å²) in [6.07, 6.45) is 7.08. The van der Waals surface area contributed by atoms with Gasteiger partial charge in [-0.05, 0) is 37.3 Å². The van der Waals surface area contributed by atoms with E-state index in [1.165, 1.54) is 10.5 Å². The average molecular weight is 338 g/mol. The number of benzene rings is 1. The minimum atomic E-state index is -0.182. The fraction of sp³-hybridized carbons (Fsp3) is 0.450. The first kappa shape index (κ1) is 16.1.